The van der Waals surface area contributed by atoms with Gasteiger partial charge in [-0.15, -0.1) is 0 Å². The lowest BCUT2D eigenvalue weighted by Crippen LogP contribution is -2.50. The van der Waals surface area contributed by atoms with E-state index < -0.39 is 6.04 Å². The molecule has 174 valence electrons. The molecule has 3 rings (SSSR count). The number of nitrogens with one attached hydrogen (secondary N) is 1. The second kappa shape index (κ2) is 11.9. The molecule has 5 nitrogen and oxygen atoms in total. The van der Waals surface area contributed by atoms with E-state index in [0.717, 1.165) is 22.8 Å². The average Bonchev–Trinajstić information content (AvgIpc) is 2.83. The number of hydrogen-bond acceptors (Lipinski definition) is 3. The van der Waals surface area contributed by atoms with Crippen LogP contribution in [-0.4, -0.2) is 35.9 Å². The molecule has 0 bridgehead atoms. The summed E-state index contributed by atoms with van der Waals surface area (Å²) >= 11 is 12.2. The van der Waals surface area contributed by atoms with E-state index in [0.29, 0.717) is 28.8 Å². The van der Waals surface area contributed by atoms with Crippen molar-refractivity contribution < 1.29 is 14.3 Å². The zero-order valence-corrected chi connectivity index (χ0v) is 20.3. The number of benzene rings is 3. The maximum Gasteiger partial charge on any atom is 0.261 e. The van der Waals surface area contributed by atoms with E-state index in [1.807, 2.05) is 56.3 Å². The first kappa shape index (κ1) is 24.9. The Hall–Kier alpha value is -2.76. The highest BCUT2D eigenvalue weighted by Crippen LogP contribution is 2.26. The quantitative estimate of drug-likeness (QED) is 0.390. The molecule has 0 fully saturated rings. The molecular weight excluding hydrogens is 459 g/mol. The Labute approximate surface area is 204 Å². The fraction of sp³-hybridized carbons (Fsp3) is 0.308. The number of carbonyl (C=O) groups excluding carboxylic acids is 2. The summed E-state index contributed by atoms with van der Waals surface area (Å²) in [6, 6.07) is 18.1. The standard InChI is InChI=1S/C26H28Cl2N2O3/c1-3-14-29-26(32)23(4-2)30(16-18-12-13-21(27)22(28)15-18)25(31)17-33-24-11-7-9-19-8-5-6-10-20(19)24/h5-13,15,23H,3-4,14,16-17H2,1-2H3,(H,29,32). The number of rotatable bonds is 10. The van der Waals surface area contributed by atoms with Crippen LogP contribution in [-0.2, 0) is 16.1 Å². The van der Waals surface area contributed by atoms with Crippen molar-refractivity contribution in [1.29, 1.82) is 0 Å². The SMILES string of the molecule is CCCNC(=O)C(CC)N(Cc1ccc(Cl)c(Cl)c1)C(=O)COc1cccc2ccccc12. The van der Waals surface area contributed by atoms with Gasteiger partial charge in [-0.25, -0.2) is 0 Å². The van der Waals surface area contributed by atoms with Gasteiger partial charge in [0.05, 0.1) is 10.0 Å². The highest BCUT2D eigenvalue weighted by atomic mass is 35.5. The van der Waals surface area contributed by atoms with Gasteiger partial charge in [-0.1, -0.05) is 79.5 Å². The summed E-state index contributed by atoms with van der Waals surface area (Å²) in [5.74, 6) is 0.157. The minimum Gasteiger partial charge on any atom is -0.483 e. The Bertz CT molecular complexity index is 1110. The molecule has 1 N–H and O–H groups in total. The lowest BCUT2D eigenvalue weighted by Gasteiger charge is -2.30. The van der Waals surface area contributed by atoms with E-state index in [9.17, 15) is 9.59 Å². The molecule has 0 aliphatic carbocycles. The fourth-order valence-electron chi connectivity index (χ4n) is 3.66. The lowest BCUT2D eigenvalue weighted by molar-refractivity contribution is -0.142. The van der Waals surface area contributed by atoms with Gasteiger partial charge in [0.2, 0.25) is 5.91 Å². The maximum absolute atomic E-state index is 13.3. The molecule has 33 heavy (non-hydrogen) atoms. The van der Waals surface area contributed by atoms with Gasteiger partial charge in [0.1, 0.15) is 11.8 Å². The summed E-state index contributed by atoms with van der Waals surface area (Å²) in [6.07, 6.45) is 1.28. The predicted octanol–water partition coefficient (Wildman–Crippen LogP) is 5.86. The van der Waals surface area contributed by atoms with Gasteiger partial charge in [-0.2, -0.15) is 0 Å². The monoisotopic (exact) mass is 486 g/mol. The van der Waals surface area contributed by atoms with Crippen molar-refractivity contribution in [1.82, 2.24) is 10.2 Å². The summed E-state index contributed by atoms with van der Waals surface area (Å²) in [6.45, 7) is 4.45. The molecule has 0 saturated carbocycles. The van der Waals surface area contributed by atoms with Crippen molar-refractivity contribution in [2.75, 3.05) is 13.2 Å². The topological polar surface area (TPSA) is 58.6 Å². The first-order valence-corrected chi connectivity index (χ1v) is 11.8. The molecule has 3 aromatic carbocycles. The van der Waals surface area contributed by atoms with Crippen molar-refractivity contribution >= 4 is 45.8 Å². The number of fused-ring (bicyclic) bond motifs is 1. The molecule has 2 amide bonds. The number of amides is 2. The zero-order chi connectivity index (χ0) is 23.8. The largest absolute Gasteiger partial charge is 0.483 e. The predicted molar refractivity (Wildman–Crippen MR) is 134 cm³/mol. The van der Waals surface area contributed by atoms with E-state index in [4.69, 9.17) is 27.9 Å². The molecule has 0 aliphatic rings. The number of ether oxygens (including phenoxy) is 1. The Balaban J connectivity index is 1.83. The first-order valence-electron chi connectivity index (χ1n) is 11.1. The van der Waals surface area contributed by atoms with Crippen molar-refractivity contribution in [3.63, 3.8) is 0 Å². The fourth-order valence-corrected chi connectivity index (χ4v) is 3.98. The molecule has 1 unspecified atom stereocenters. The number of hydrogen-bond donors (Lipinski definition) is 1. The van der Waals surface area contributed by atoms with Gasteiger partial charge >= 0.3 is 0 Å². The van der Waals surface area contributed by atoms with Crippen molar-refractivity contribution in [3.05, 3.63) is 76.3 Å². The summed E-state index contributed by atoms with van der Waals surface area (Å²) in [4.78, 5) is 27.7. The van der Waals surface area contributed by atoms with Crippen LogP contribution in [0, 0.1) is 0 Å². The maximum atomic E-state index is 13.3. The third-order valence-electron chi connectivity index (χ3n) is 5.37. The van der Waals surface area contributed by atoms with Crippen LogP contribution < -0.4 is 10.1 Å². The summed E-state index contributed by atoms with van der Waals surface area (Å²) in [7, 11) is 0. The Morgan fingerprint density at radius 3 is 2.48 bits per heavy atom. The van der Waals surface area contributed by atoms with Crippen LogP contribution in [0.4, 0.5) is 0 Å². The van der Waals surface area contributed by atoms with E-state index in [1.165, 1.54) is 0 Å². The van der Waals surface area contributed by atoms with E-state index in [-0.39, 0.29) is 25.0 Å². The summed E-state index contributed by atoms with van der Waals surface area (Å²) in [5.41, 5.74) is 0.782. The number of carbonyl (C=O) groups is 2. The molecule has 0 heterocycles. The van der Waals surface area contributed by atoms with Gasteiger partial charge in [-0.05, 0) is 42.0 Å². The van der Waals surface area contributed by atoms with Gasteiger partial charge < -0.3 is 15.0 Å². The highest BCUT2D eigenvalue weighted by Gasteiger charge is 2.29. The van der Waals surface area contributed by atoms with Crippen molar-refractivity contribution in [2.45, 2.75) is 39.3 Å². The minimum atomic E-state index is -0.630. The van der Waals surface area contributed by atoms with Gasteiger partial charge in [-0.3, -0.25) is 9.59 Å². The molecule has 1 atom stereocenters. The van der Waals surface area contributed by atoms with Gasteiger partial charge in [0.25, 0.3) is 5.91 Å². The van der Waals surface area contributed by atoms with E-state index in [2.05, 4.69) is 5.32 Å². The van der Waals surface area contributed by atoms with Gasteiger partial charge in [0, 0.05) is 18.5 Å². The average molecular weight is 487 g/mol. The number of nitrogens with zero attached hydrogens (tertiary/aromatic N) is 1. The molecule has 0 aliphatic heterocycles. The molecule has 0 spiro atoms. The Morgan fingerprint density at radius 1 is 1.00 bits per heavy atom. The number of halogens is 2. The second-order valence-electron chi connectivity index (χ2n) is 7.75. The first-order chi connectivity index (χ1) is 15.9. The van der Waals surface area contributed by atoms with Crippen LogP contribution in [0.3, 0.4) is 0 Å². The third-order valence-corrected chi connectivity index (χ3v) is 6.11. The lowest BCUT2D eigenvalue weighted by atomic mass is 10.1. The van der Waals surface area contributed by atoms with Crippen LogP contribution in [0.5, 0.6) is 5.75 Å². The normalized spacial score (nSPS) is 11.8. The highest BCUT2D eigenvalue weighted by molar-refractivity contribution is 6.42. The van der Waals surface area contributed by atoms with Gasteiger partial charge in [0.15, 0.2) is 6.61 Å². The minimum absolute atomic E-state index is 0.182. The molecule has 7 heteroatoms. The summed E-state index contributed by atoms with van der Waals surface area (Å²) < 4.78 is 5.93. The molecule has 3 aromatic rings. The van der Waals surface area contributed by atoms with Crippen LogP contribution in [0.2, 0.25) is 10.0 Å². The smallest absolute Gasteiger partial charge is 0.261 e. The van der Waals surface area contributed by atoms with Crippen LogP contribution >= 0.6 is 23.2 Å². The van der Waals surface area contributed by atoms with Crippen LogP contribution in [0.25, 0.3) is 10.8 Å². The van der Waals surface area contributed by atoms with E-state index >= 15 is 0 Å². The van der Waals surface area contributed by atoms with Crippen molar-refractivity contribution in [2.24, 2.45) is 0 Å². The van der Waals surface area contributed by atoms with Crippen molar-refractivity contribution in [3.8, 4) is 5.75 Å². The van der Waals surface area contributed by atoms with Crippen LogP contribution in [0.1, 0.15) is 32.3 Å². The Kier molecular flexibility index (Phi) is 8.98. The second-order valence-corrected chi connectivity index (χ2v) is 8.57. The Morgan fingerprint density at radius 2 is 1.76 bits per heavy atom. The molecule has 0 aromatic heterocycles. The molecule has 0 saturated heterocycles. The third kappa shape index (κ3) is 6.40. The summed E-state index contributed by atoms with van der Waals surface area (Å²) in [5, 5.41) is 5.69. The zero-order valence-electron chi connectivity index (χ0n) is 18.8. The van der Waals surface area contributed by atoms with E-state index in [1.54, 1.807) is 23.1 Å². The molecule has 0 radical (unpaired) electrons. The molecular formula is C26H28Cl2N2O3. The van der Waals surface area contributed by atoms with Crippen LogP contribution in [0.15, 0.2) is 60.7 Å².